The largest absolute Gasteiger partial charge is 0.508 e. The number of hydrogen-bond donors (Lipinski definition) is 3. The number of phenolic OH excluding ortho intramolecular Hbond substituents is 1. The molecule has 0 bridgehead atoms. The van der Waals surface area contributed by atoms with Crippen LogP contribution in [0, 0.1) is 6.92 Å². The average molecular weight is 196 g/mol. The standard InChI is InChI=1S/C10H12O4/c1-6-2-3-8(11)7(4-6)9(12)5-10(13)14/h2-4,9,11-12H,5H2,1H3,(H,13,14). The molecule has 4 nitrogen and oxygen atoms in total. The zero-order valence-corrected chi connectivity index (χ0v) is 7.77. The van der Waals surface area contributed by atoms with Crippen molar-refractivity contribution in [1.29, 1.82) is 0 Å². The number of aryl methyl sites for hydroxylation is 1. The summed E-state index contributed by atoms with van der Waals surface area (Å²) in [5.74, 6) is -1.18. The number of phenols is 1. The lowest BCUT2D eigenvalue weighted by atomic mass is 10.0. The minimum absolute atomic E-state index is 0.0793. The van der Waals surface area contributed by atoms with Crippen molar-refractivity contribution in [2.45, 2.75) is 19.4 Å². The van der Waals surface area contributed by atoms with E-state index in [-0.39, 0.29) is 11.3 Å². The maximum Gasteiger partial charge on any atom is 0.306 e. The van der Waals surface area contributed by atoms with Crippen LogP contribution in [0.1, 0.15) is 23.7 Å². The zero-order valence-electron chi connectivity index (χ0n) is 7.77. The van der Waals surface area contributed by atoms with Crippen LogP contribution in [-0.2, 0) is 4.79 Å². The Labute approximate surface area is 81.4 Å². The molecular formula is C10H12O4. The summed E-state index contributed by atoms with van der Waals surface area (Å²) in [5.41, 5.74) is 1.12. The topological polar surface area (TPSA) is 77.8 Å². The van der Waals surface area contributed by atoms with Gasteiger partial charge in [0, 0.05) is 5.56 Å². The van der Waals surface area contributed by atoms with E-state index in [1.165, 1.54) is 6.07 Å². The maximum absolute atomic E-state index is 10.3. The number of carboxylic acid groups (broad SMARTS) is 1. The second-order valence-electron chi connectivity index (χ2n) is 3.18. The highest BCUT2D eigenvalue weighted by Crippen LogP contribution is 2.26. The third-order valence-electron chi connectivity index (χ3n) is 1.91. The van der Waals surface area contributed by atoms with Gasteiger partial charge < -0.3 is 15.3 Å². The van der Waals surface area contributed by atoms with Crippen molar-refractivity contribution in [3.63, 3.8) is 0 Å². The first-order valence-corrected chi connectivity index (χ1v) is 4.20. The number of aliphatic carboxylic acids is 1. The molecule has 0 amide bonds. The van der Waals surface area contributed by atoms with E-state index in [0.717, 1.165) is 5.56 Å². The fraction of sp³-hybridized carbons (Fsp3) is 0.300. The van der Waals surface area contributed by atoms with Crippen LogP contribution in [0.4, 0.5) is 0 Å². The molecule has 1 aromatic rings. The molecule has 0 fully saturated rings. The van der Waals surface area contributed by atoms with Crippen molar-refractivity contribution in [2.75, 3.05) is 0 Å². The van der Waals surface area contributed by atoms with Gasteiger partial charge >= 0.3 is 5.97 Å². The molecule has 76 valence electrons. The minimum atomic E-state index is -1.16. The van der Waals surface area contributed by atoms with Crippen molar-refractivity contribution in [3.05, 3.63) is 29.3 Å². The van der Waals surface area contributed by atoms with Gasteiger partial charge in [0.25, 0.3) is 0 Å². The van der Waals surface area contributed by atoms with Gasteiger partial charge in [-0.15, -0.1) is 0 Å². The van der Waals surface area contributed by atoms with Gasteiger partial charge in [-0.2, -0.15) is 0 Å². The van der Waals surface area contributed by atoms with Crippen molar-refractivity contribution < 1.29 is 20.1 Å². The molecule has 0 heterocycles. The third kappa shape index (κ3) is 2.47. The van der Waals surface area contributed by atoms with E-state index in [9.17, 15) is 15.0 Å². The first kappa shape index (κ1) is 10.5. The van der Waals surface area contributed by atoms with Crippen LogP contribution in [0.5, 0.6) is 5.75 Å². The van der Waals surface area contributed by atoms with Gasteiger partial charge in [0.1, 0.15) is 5.75 Å². The Morgan fingerprint density at radius 1 is 1.50 bits per heavy atom. The second-order valence-corrected chi connectivity index (χ2v) is 3.18. The molecule has 1 aromatic carbocycles. The van der Waals surface area contributed by atoms with Crippen molar-refractivity contribution in [1.82, 2.24) is 0 Å². The van der Waals surface area contributed by atoms with Gasteiger partial charge in [0.05, 0.1) is 12.5 Å². The quantitative estimate of drug-likeness (QED) is 0.679. The fourth-order valence-corrected chi connectivity index (χ4v) is 1.22. The Morgan fingerprint density at radius 3 is 2.71 bits per heavy atom. The number of aliphatic hydroxyl groups is 1. The Hall–Kier alpha value is -1.55. The van der Waals surface area contributed by atoms with E-state index in [2.05, 4.69) is 0 Å². The summed E-state index contributed by atoms with van der Waals surface area (Å²) >= 11 is 0. The van der Waals surface area contributed by atoms with Crippen molar-refractivity contribution in [2.24, 2.45) is 0 Å². The van der Waals surface area contributed by atoms with E-state index < -0.39 is 18.5 Å². The van der Waals surface area contributed by atoms with E-state index >= 15 is 0 Å². The summed E-state index contributed by atoms with van der Waals surface area (Å²) < 4.78 is 0. The Morgan fingerprint density at radius 2 is 2.14 bits per heavy atom. The number of carbonyl (C=O) groups is 1. The molecule has 4 heteroatoms. The molecule has 1 atom stereocenters. The van der Waals surface area contributed by atoms with Gasteiger partial charge in [-0.25, -0.2) is 0 Å². The fourth-order valence-electron chi connectivity index (χ4n) is 1.22. The molecular weight excluding hydrogens is 184 g/mol. The summed E-state index contributed by atoms with van der Waals surface area (Å²) in [7, 11) is 0. The molecule has 14 heavy (non-hydrogen) atoms. The predicted octanol–water partition coefficient (Wildman–Crippen LogP) is 1.21. The van der Waals surface area contributed by atoms with Gasteiger partial charge in [0.15, 0.2) is 0 Å². The molecule has 1 rings (SSSR count). The van der Waals surface area contributed by atoms with Crippen LogP contribution in [0.2, 0.25) is 0 Å². The number of hydrogen-bond acceptors (Lipinski definition) is 3. The molecule has 0 aliphatic carbocycles. The van der Waals surface area contributed by atoms with Crippen LogP contribution >= 0.6 is 0 Å². The molecule has 0 aromatic heterocycles. The molecule has 1 unspecified atom stereocenters. The van der Waals surface area contributed by atoms with Crippen LogP contribution in [0.25, 0.3) is 0 Å². The lowest BCUT2D eigenvalue weighted by molar-refractivity contribution is -0.139. The summed E-state index contributed by atoms with van der Waals surface area (Å²) in [4.78, 5) is 10.3. The van der Waals surface area contributed by atoms with Crippen molar-refractivity contribution in [3.8, 4) is 5.75 Å². The van der Waals surface area contributed by atoms with E-state index in [1.807, 2.05) is 0 Å². The first-order valence-electron chi connectivity index (χ1n) is 4.20. The van der Waals surface area contributed by atoms with Crippen LogP contribution in [0.3, 0.4) is 0 Å². The maximum atomic E-state index is 10.3. The molecule has 0 radical (unpaired) electrons. The smallest absolute Gasteiger partial charge is 0.306 e. The minimum Gasteiger partial charge on any atom is -0.508 e. The lowest BCUT2D eigenvalue weighted by Gasteiger charge is -2.10. The second kappa shape index (κ2) is 4.11. The first-order chi connectivity index (χ1) is 6.50. The van der Waals surface area contributed by atoms with E-state index in [0.29, 0.717) is 0 Å². The Kier molecular flexibility index (Phi) is 3.09. The summed E-state index contributed by atoms with van der Waals surface area (Å²) in [6, 6.07) is 4.70. The van der Waals surface area contributed by atoms with Gasteiger partial charge in [-0.05, 0) is 19.1 Å². The highest BCUT2D eigenvalue weighted by molar-refractivity contribution is 5.68. The SMILES string of the molecule is Cc1ccc(O)c(C(O)CC(=O)O)c1. The Balaban J connectivity index is 2.93. The predicted molar refractivity (Wildman–Crippen MR) is 50.1 cm³/mol. The van der Waals surface area contributed by atoms with Crippen molar-refractivity contribution >= 4 is 5.97 Å². The van der Waals surface area contributed by atoms with E-state index in [4.69, 9.17) is 5.11 Å². The van der Waals surface area contributed by atoms with Gasteiger partial charge in [-0.1, -0.05) is 11.6 Å². The van der Waals surface area contributed by atoms with Gasteiger partial charge in [-0.3, -0.25) is 4.79 Å². The highest BCUT2D eigenvalue weighted by atomic mass is 16.4. The van der Waals surface area contributed by atoms with Crippen LogP contribution in [-0.4, -0.2) is 21.3 Å². The molecule has 3 N–H and O–H groups in total. The highest BCUT2D eigenvalue weighted by Gasteiger charge is 2.15. The lowest BCUT2D eigenvalue weighted by Crippen LogP contribution is -2.05. The summed E-state index contributed by atoms with van der Waals surface area (Å²) in [5, 5.41) is 27.3. The number of benzene rings is 1. The molecule has 0 saturated heterocycles. The summed E-state index contributed by atoms with van der Waals surface area (Å²) in [6.07, 6.45) is -1.57. The van der Waals surface area contributed by atoms with Crippen LogP contribution in [0.15, 0.2) is 18.2 Å². The third-order valence-corrected chi connectivity index (χ3v) is 1.91. The zero-order chi connectivity index (χ0) is 10.7. The summed E-state index contributed by atoms with van der Waals surface area (Å²) in [6.45, 7) is 1.80. The number of carboxylic acids is 1. The average Bonchev–Trinajstić information content (AvgIpc) is 2.08. The number of aliphatic hydroxyl groups excluding tert-OH is 1. The van der Waals surface area contributed by atoms with Gasteiger partial charge in [0.2, 0.25) is 0 Å². The van der Waals surface area contributed by atoms with Crippen LogP contribution < -0.4 is 0 Å². The monoisotopic (exact) mass is 196 g/mol. The van der Waals surface area contributed by atoms with E-state index in [1.54, 1.807) is 19.1 Å². The number of aromatic hydroxyl groups is 1. The molecule has 0 spiro atoms. The number of rotatable bonds is 3. The normalized spacial score (nSPS) is 12.4. The molecule has 0 aliphatic rings. The molecule has 0 saturated carbocycles. The molecule has 0 aliphatic heterocycles. The Bertz CT molecular complexity index is 346.